The lowest BCUT2D eigenvalue weighted by Gasteiger charge is -2.16. The first-order valence-corrected chi connectivity index (χ1v) is 10.9. The van der Waals surface area contributed by atoms with Crippen LogP contribution < -0.4 is 10.0 Å². The van der Waals surface area contributed by atoms with Gasteiger partial charge in [0.1, 0.15) is 0 Å². The molecule has 9 heteroatoms. The summed E-state index contributed by atoms with van der Waals surface area (Å²) in [6.45, 7) is 3.05. The monoisotopic (exact) mass is 404 g/mol. The van der Waals surface area contributed by atoms with Gasteiger partial charge in [0, 0.05) is 11.3 Å². The van der Waals surface area contributed by atoms with Crippen LogP contribution >= 0.6 is 0 Å². The molecule has 0 radical (unpaired) electrons. The van der Waals surface area contributed by atoms with E-state index in [1.807, 2.05) is 4.72 Å². The Labute approximate surface area is 164 Å². The normalized spacial score (nSPS) is 16.0. The van der Waals surface area contributed by atoms with Crippen molar-refractivity contribution in [1.82, 2.24) is 13.9 Å². The minimum Gasteiger partial charge on any atom is -0.386 e. The van der Waals surface area contributed by atoms with Crippen LogP contribution in [0.15, 0.2) is 18.5 Å². The van der Waals surface area contributed by atoms with Crippen molar-refractivity contribution in [1.29, 1.82) is 0 Å². The third-order valence-electron chi connectivity index (χ3n) is 5.45. The van der Waals surface area contributed by atoms with Crippen molar-refractivity contribution in [3.05, 3.63) is 46.3 Å². The molecule has 2 aromatic rings. The molecule has 0 saturated heterocycles. The molecule has 1 aromatic heterocycles. The maximum atomic E-state index is 12.5. The van der Waals surface area contributed by atoms with Crippen LogP contribution in [0, 0.1) is 0 Å². The number of urea groups is 1. The van der Waals surface area contributed by atoms with E-state index in [4.69, 9.17) is 0 Å². The maximum Gasteiger partial charge on any atom is 0.346 e. The molecule has 28 heavy (non-hydrogen) atoms. The number of nitrogens with one attached hydrogen (secondary N) is 2. The first-order valence-electron chi connectivity index (χ1n) is 9.43. The highest BCUT2D eigenvalue weighted by Gasteiger charge is 2.27. The van der Waals surface area contributed by atoms with Crippen LogP contribution in [0.3, 0.4) is 0 Å². The Hall–Kier alpha value is -2.39. The van der Waals surface area contributed by atoms with E-state index in [2.05, 4.69) is 16.5 Å². The van der Waals surface area contributed by atoms with Gasteiger partial charge in [-0.05, 0) is 74.6 Å². The van der Waals surface area contributed by atoms with E-state index in [0.29, 0.717) is 9.65 Å². The second kappa shape index (κ2) is 6.59. The Balaban J connectivity index is 1.56. The van der Waals surface area contributed by atoms with Crippen molar-refractivity contribution in [3.63, 3.8) is 0 Å². The predicted octanol–water partition coefficient (Wildman–Crippen LogP) is 2.00. The van der Waals surface area contributed by atoms with Crippen LogP contribution in [0.1, 0.15) is 54.5 Å². The van der Waals surface area contributed by atoms with Crippen LogP contribution in [-0.4, -0.2) is 28.7 Å². The second-order valence-electron chi connectivity index (χ2n) is 7.96. The third-order valence-corrected chi connectivity index (χ3v) is 6.58. The van der Waals surface area contributed by atoms with Crippen LogP contribution in [0.4, 0.5) is 10.5 Å². The lowest BCUT2D eigenvalue weighted by atomic mass is 9.99. The van der Waals surface area contributed by atoms with Gasteiger partial charge in [0.05, 0.1) is 18.0 Å². The molecule has 0 unspecified atom stereocenters. The molecule has 1 heterocycles. The number of carbonyl (C=O) groups is 1. The maximum absolute atomic E-state index is 12.5. The minimum absolute atomic E-state index is 0.331. The van der Waals surface area contributed by atoms with Crippen molar-refractivity contribution in [2.75, 3.05) is 5.32 Å². The van der Waals surface area contributed by atoms with E-state index in [1.165, 1.54) is 37.4 Å². The van der Waals surface area contributed by atoms with E-state index in [9.17, 15) is 18.3 Å². The lowest BCUT2D eigenvalue weighted by molar-refractivity contribution is 0.0786. The standard InChI is InChI=1S/C19H24N4O4S/c1-19(2,25)14-10-20-23(11-14)28(26,27)22-18(24)21-17-15-7-3-5-12(15)9-13-6-4-8-16(13)17/h9-11,25H,3-8H2,1-2H3,(H2,21,22,24). The van der Waals surface area contributed by atoms with Gasteiger partial charge in [0.15, 0.2) is 0 Å². The van der Waals surface area contributed by atoms with E-state index >= 15 is 0 Å². The van der Waals surface area contributed by atoms with Gasteiger partial charge in [0.2, 0.25) is 0 Å². The number of aliphatic hydroxyl groups is 1. The molecule has 0 fully saturated rings. The quantitative estimate of drug-likeness (QED) is 0.721. The summed E-state index contributed by atoms with van der Waals surface area (Å²) < 4.78 is 27.6. The molecule has 150 valence electrons. The number of benzene rings is 1. The second-order valence-corrected chi connectivity index (χ2v) is 9.48. The van der Waals surface area contributed by atoms with Gasteiger partial charge in [-0.2, -0.15) is 13.5 Å². The van der Waals surface area contributed by atoms with E-state index in [1.54, 1.807) is 0 Å². The molecular formula is C19H24N4O4S. The molecule has 2 aliphatic carbocycles. The molecule has 0 aliphatic heterocycles. The van der Waals surface area contributed by atoms with E-state index < -0.39 is 21.8 Å². The van der Waals surface area contributed by atoms with Gasteiger partial charge in [-0.3, -0.25) is 0 Å². The molecule has 0 saturated carbocycles. The van der Waals surface area contributed by atoms with Gasteiger partial charge in [0.25, 0.3) is 0 Å². The van der Waals surface area contributed by atoms with Gasteiger partial charge >= 0.3 is 16.2 Å². The first kappa shape index (κ1) is 18.9. The first-order chi connectivity index (χ1) is 13.1. The SMILES string of the molecule is CC(C)(O)c1cnn(S(=O)(=O)NC(=O)Nc2c3c(cc4c2CCC4)CCC3)c1. The van der Waals surface area contributed by atoms with Gasteiger partial charge in [-0.1, -0.05) is 6.07 Å². The number of carbonyl (C=O) groups excluding carboxylic acids is 1. The van der Waals surface area contributed by atoms with E-state index in [0.717, 1.165) is 55.3 Å². The van der Waals surface area contributed by atoms with Crippen molar-refractivity contribution in [2.45, 2.75) is 58.0 Å². The zero-order chi connectivity index (χ0) is 20.1. The predicted molar refractivity (Wildman–Crippen MR) is 104 cm³/mol. The number of anilines is 1. The van der Waals surface area contributed by atoms with Crippen molar-refractivity contribution >= 4 is 21.9 Å². The minimum atomic E-state index is -4.21. The Morgan fingerprint density at radius 3 is 2.29 bits per heavy atom. The van der Waals surface area contributed by atoms with Gasteiger partial charge < -0.3 is 10.4 Å². The van der Waals surface area contributed by atoms with E-state index in [-0.39, 0.29) is 0 Å². The molecule has 3 N–H and O–H groups in total. The summed E-state index contributed by atoms with van der Waals surface area (Å²) in [6, 6.07) is 1.43. The fraction of sp³-hybridized carbons (Fsp3) is 0.474. The fourth-order valence-electron chi connectivity index (χ4n) is 4.02. The molecule has 1 aromatic carbocycles. The highest BCUT2D eigenvalue weighted by atomic mass is 32.2. The van der Waals surface area contributed by atoms with Crippen LogP contribution in [0.5, 0.6) is 0 Å². The van der Waals surface area contributed by atoms with Crippen LogP contribution in [-0.2, 0) is 41.5 Å². The number of aryl methyl sites for hydroxylation is 2. The van der Waals surface area contributed by atoms with Crippen molar-refractivity contribution in [2.24, 2.45) is 0 Å². The number of amides is 2. The average molecular weight is 404 g/mol. The summed E-state index contributed by atoms with van der Waals surface area (Å²) in [5, 5.41) is 16.5. The molecule has 4 rings (SSSR count). The Morgan fingerprint density at radius 2 is 1.75 bits per heavy atom. The lowest BCUT2D eigenvalue weighted by Crippen LogP contribution is -2.38. The molecule has 2 aliphatic rings. The average Bonchev–Trinajstić information content (AvgIpc) is 3.33. The summed E-state index contributed by atoms with van der Waals surface area (Å²) in [4.78, 5) is 12.5. The smallest absolute Gasteiger partial charge is 0.346 e. The number of aromatic nitrogens is 2. The molecular weight excluding hydrogens is 380 g/mol. The topological polar surface area (TPSA) is 113 Å². The number of hydrogen-bond donors (Lipinski definition) is 3. The zero-order valence-corrected chi connectivity index (χ0v) is 16.8. The summed E-state index contributed by atoms with van der Waals surface area (Å²) in [7, 11) is -4.21. The van der Waals surface area contributed by atoms with Crippen molar-refractivity contribution < 1.29 is 18.3 Å². The summed E-state index contributed by atoms with van der Waals surface area (Å²) in [5.74, 6) is 0. The number of nitrogens with zero attached hydrogens (tertiary/aromatic N) is 2. The molecule has 0 atom stereocenters. The number of hydrogen-bond acceptors (Lipinski definition) is 5. The van der Waals surface area contributed by atoms with Gasteiger partial charge in [-0.25, -0.2) is 9.52 Å². The molecule has 0 spiro atoms. The van der Waals surface area contributed by atoms with Crippen LogP contribution in [0.2, 0.25) is 0 Å². The molecule has 8 nitrogen and oxygen atoms in total. The Morgan fingerprint density at radius 1 is 1.14 bits per heavy atom. The molecule has 0 bridgehead atoms. The zero-order valence-electron chi connectivity index (χ0n) is 15.9. The fourth-order valence-corrected chi connectivity index (χ4v) is 4.82. The highest BCUT2D eigenvalue weighted by molar-refractivity contribution is 7.88. The largest absolute Gasteiger partial charge is 0.386 e. The summed E-state index contributed by atoms with van der Waals surface area (Å²) in [5.41, 5.74) is 4.61. The number of fused-ring (bicyclic) bond motifs is 2. The summed E-state index contributed by atoms with van der Waals surface area (Å²) >= 11 is 0. The Bertz CT molecular complexity index is 1020. The highest BCUT2D eigenvalue weighted by Crippen LogP contribution is 2.38. The Kier molecular flexibility index (Phi) is 4.46. The molecule has 2 amide bonds. The van der Waals surface area contributed by atoms with Crippen LogP contribution in [0.25, 0.3) is 0 Å². The van der Waals surface area contributed by atoms with Crippen molar-refractivity contribution in [3.8, 4) is 0 Å². The van der Waals surface area contributed by atoms with Gasteiger partial charge in [-0.15, -0.1) is 4.09 Å². The summed E-state index contributed by atoms with van der Waals surface area (Å²) in [6.07, 6.45) is 8.29. The number of rotatable bonds is 4. The third kappa shape index (κ3) is 3.40.